The molecule has 1 saturated heterocycles. The van der Waals surface area contributed by atoms with Crippen LogP contribution in [0.3, 0.4) is 0 Å². The molecule has 1 N–H and O–H groups in total. The lowest BCUT2D eigenvalue weighted by atomic mass is 10.1. The van der Waals surface area contributed by atoms with Gasteiger partial charge in [-0.25, -0.2) is 18.7 Å². The standard InChI is InChI=1S/C25H22ClF2N5O4.C2H6/c1-32-20-11-15(33-6-8-36-9-7-33)3-5-21(20)37-13-19(25(32)35)30-24(34)23-29-12-17(26)22(31-23)16-4-2-14(27)10-18(16)28;1-2/h2-5,10-12,19H,6-9,13H2,1H3,(H,30,34);1-2H3/t19-;/m0./s1. The highest BCUT2D eigenvalue weighted by molar-refractivity contribution is 6.33. The van der Waals surface area contributed by atoms with E-state index in [1.165, 1.54) is 11.0 Å². The summed E-state index contributed by atoms with van der Waals surface area (Å²) in [5, 5.41) is 2.56. The van der Waals surface area contributed by atoms with Crippen LogP contribution >= 0.6 is 11.6 Å². The highest BCUT2D eigenvalue weighted by Gasteiger charge is 2.32. The average molecular weight is 560 g/mol. The Morgan fingerprint density at radius 3 is 2.59 bits per heavy atom. The molecule has 12 heteroatoms. The third kappa shape index (κ3) is 6.10. The summed E-state index contributed by atoms with van der Waals surface area (Å²) in [5.74, 6) is -2.68. The van der Waals surface area contributed by atoms with Gasteiger partial charge in [0.25, 0.3) is 11.8 Å². The quantitative estimate of drug-likeness (QED) is 0.514. The molecule has 1 fully saturated rings. The summed E-state index contributed by atoms with van der Waals surface area (Å²) >= 11 is 6.12. The molecule has 1 atom stereocenters. The van der Waals surface area contributed by atoms with Crippen LogP contribution in [0.25, 0.3) is 11.3 Å². The summed E-state index contributed by atoms with van der Waals surface area (Å²) in [6, 6.07) is 7.44. The number of benzene rings is 2. The molecule has 2 aromatic carbocycles. The number of amides is 2. The topological polar surface area (TPSA) is 96.9 Å². The molecule has 0 bridgehead atoms. The maximum atomic E-state index is 14.3. The van der Waals surface area contributed by atoms with Crippen molar-refractivity contribution in [1.29, 1.82) is 0 Å². The maximum Gasteiger partial charge on any atom is 0.289 e. The number of carbonyl (C=O) groups is 2. The van der Waals surface area contributed by atoms with Crippen LogP contribution in [0.4, 0.5) is 20.2 Å². The molecule has 206 valence electrons. The van der Waals surface area contributed by atoms with Crippen molar-refractivity contribution < 1.29 is 27.8 Å². The number of likely N-dealkylation sites (N-methyl/N-ethyl adjacent to an activating group) is 1. The van der Waals surface area contributed by atoms with Crippen molar-refractivity contribution in [1.82, 2.24) is 15.3 Å². The van der Waals surface area contributed by atoms with Crippen molar-refractivity contribution in [3.8, 4) is 17.0 Å². The first-order valence-corrected chi connectivity index (χ1v) is 12.9. The number of hydrogen-bond acceptors (Lipinski definition) is 7. The third-order valence-electron chi connectivity index (χ3n) is 6.15. The van der Waals surface area contributed by atoms with E-state index in [0.29, 0.717) is 30.7 Å². The Morgan fingerprint density at radius 2 is 1.87 bits per heavy atom. The van der Waals surface area contributed by atoms with Gasteiger partial charge in [-0.05, 0) is 30.3 Å². The second-order valence-electron chi connectivity index (χ2n) is 8.50. The van der Waals surface area contributed by atoms with E-state index in [9.17, 15) is 18.4 Å². The minimum Gasteiger partial charge on any atom is -0.489 e. The van der Waals surface area contributed by atoms with E-state index >= 15 is 0 Å². The molecule has 5 rings (SSSR count). The smallest absolute Gasteiger partial charge is 0.289 e. The molecule has 0 saturated carbocycles. The van der Waals surface area contributed by atoms with Crippen LogP contribution in [0, 0.1) is 11.6 Å². The van der Waals surface area contributed by atoms with Crippen molar-refractivity contribution in [3.05, 3.63) is 65.1 Å². The van der Waals surface area contributed by atoms with Gasteiger partial charge in [-0.3, -0.25) is 9.59 Å². The second-order valence-corrected chi connectivity index (χ2v) is 8.91. The monoisotopic (exact) mass is 559 g/mol. The Kier molecular flexibility index (Phi) is 8.93. The minimum absolute atomic E-state index is 0.0258. The van der Waals surface area contributed by atoms with E-state index in [0.717, 1.165) is 31.0 Å². The second kappa shape index (κ2) is 12.4. The van der Waals surface area contributed by atoms with Crippen molar-refractivity contribution in [2.24, 2.45) is 0 Å². The Labute approximate surface area is 229 Å². The van der Waals surface area contributed by atoms with Gasteiger partial charge in [-0.1, -0.05) is 25.4 Å². The van der Waals surface area contributed by atoms with Crippen LogP contribution in [0.2, 0.25) is 5.02 Å². The van der Waals surface area contributed by atoms with Crippen LogP contribution in [-0.4, -0.2) is 67.8 Å². The summed E-state index contributed by atoms with van der Waals surface area (Å²) in [7, 11) is 1.60. The molecule has 0 unspecified atom stereocenters. The SMILES string of the molecule is CC.CN1C(=O)[C@@H](NC(=O)c2ncc(Cl)c(-c3ccc(F)cc3F)n2)COc2ccc(N3CCOCC3)cc21. The van der Waals surface area contributed by atoms with Gasteiger partial charge in [0.1, 0.15) is 30.0 Å². The molecule has 39 heavy (non-hydrogen) atoms. The summed E-state index contributed by atoms with van der Waals surface area (Å²) < 4.78 is 38.9. The molecule has 2 aliphatic rings. The fraction of sp³-hybridized carbons (Fsp3) is 0.333. The number of carbonyl (C=O) groups excluding carboxylic acids is 2. The molecule has 0 spiro atoms. The number of nitrogens with zero attached hydrogens (tertiary/aromatic N) is 4. The lowest BCUT2D eigenvalue weighted by Crippen LogP contribution is -2.49. The average Bonchev–Trinajstić information content (AvgIpc) is 3.07. The predicted molar refractivity (Wildman–Crippen MR) is 143 cm³/mol. The molecular formula is C27H28ClF2N5O4. The summed E-state index contributed by atoms with van der Waals surface area (Å²) in [6.07, 6.45) is 1.14. The van der Waals surface area contributed by atoms with Crippen molar-refractivity contribution in [2.75, 3.05) is 49.8 Å². The number of nitrogens with one attached hydrogen (secondary N) is 1. The third-order valence-corrected chi connectivity index (χ3v) is 6.43. The lowest BCUT2D eigenvalue weighted by Gasteiger charge is -2.30. The van der Waals surface area contributed by atoms with Gasteiger partial charge in [0, 0.05) is 37.5 Å². The number of hydrogen-bond donors (Lipinski definition) is 1. The molecular weight excluding hydrogens is 532 g/mol. The minimum atomic E-state index is -1.04. The number of ether oxygens (including phenoxy) is 2. The molecule has 0 aliphatic carbocycles. The molecule has 9 nitrogen and oxygen atoms in total. The van der Waals surface area contributed by atoms with Crippen molar-refractivity contribution >= 4 is 34.8 Å². The van der Waals surface area contributed by atoms with E-state index in [4.69, 9.17) is 21.1 Å². The number of morpholine rings is 1. The van der Waals surface area contributed by atoms with Gasteiger partial charge in [0.2, 0.25) is 5.82 Å². The lowest BCUT2D eigenvalue weighted by molar-refractivity contribution is -0.120. The van der Waals surface area contributed by atoms with E-state index in [2.05, 4.69) is 20.2 Å². The molecule has 0 radical (unpaired) electrons. The zero-order valence-electron chi connectivity index (χ0n) is 21.7. The fourth-order valence-corrected chi connectivity index (χ4v) is 4.37. The van der Waals surface area contributed by atoms with Crippen LogP contribution < -0.4 is 19.9 Å². The highest BCUT2D eigenvalue weighted by Crippen LogP contribution is 2.35. The fourth-order valence-electron chi connectivity index (χ4n) is 4.18. The Bertz CT molecular complexity index is 1370. The van der Waals surface area contributed by atoms with Gasteiger partial charge in [-0.2, -0.15) is 0 Å². The van der Waals surface area contributed by atoms with E-state index < -0.39 is 29.5 Å². The van der Waals surface area contributed by atoms with Gasteiger partial charge in [0.15, 0.2) is 0 Å². The van der Waals surface area contributed by atoms with Crippen molar-refractivity contribution in [3.63, 3.8) is 0 Å². The predicted octanol–water partition coefficient (Wildman–Crippen LogP) is 4.09. The molecule has 3 heterocycles. The largest absolute Gasteiger partial charge is 0.489 e. The first-order valence-electron chi connectivity index (χ1n) is 12.5. The van der Waals surface area contributed by atoms with Crippen LogP contribution in [-0.2, 0) is 9.53 Å². The number of anilines is 2. The number of fused-ring (bicyclic) bond motifs is 1. The normalized spacial score (nSPS) is 16.9. The first kappa shape index (κ1) is 28.2. The number of halogens is 3. The van der Waals surface area contributed by atoms with E-state index in [-0.39, 0.29) is 28.7 Å². The Hall–Kier alpha value is -3.83. The number of rotatable bonds is 4. The number of aromatic nitrogens is 2. The van der Waals surface area contributed by atoms with Gasteiger partial charge < -0.3 is 24.6 Å². The summed E-state index contributed by atoms with van der Waals surface area (Å²) in [6.45, 7) is 6.60. The Morgan fingerprint density at radius 1 is 1.13 bits per heavy atom. The zero-order valence-corrected chi connectivity index (χ0v) is 22.5. The summed E-state index contributed by atoms with van der Waals surface area (Å²) in [4.78, 5) is 37.8. The molecule has 2 amide bonds. The van der Waals surface area contributed by atoms with E-state index in [1.807, 2.05) is 26.0 Å². The van der Waals surface area contributed by atoms with Gasteiger partial charge in [0.05, 0.1) is 35.8 Å². The highest BCUT2D eigenvalue weighted by atomic mass is 35.5. The Balaban J connectivity index is 0.00000172. The summed E-state index contributed by atoms with van der Waals surface area (Å²) in [5.41, 5.74) is 1.33. The van der Waals surface area contributed by atoms with Crippen LogP contribution in [0.5, 0.6) is 5.75 Å². The maximum absolute atomic E-state index is 14.3. The molecule has 1 aromatic heterocycles. The molecule has 2 aliphatic heterocycles. The first-order chi connectivity index (χ1) is 18.8. The zero-order chi connectivity index (χ0) is 28.1. The van der Waals surface area contributed by atoms with Gasteiger partial charge in [-0.15, -0.1) is 0 Å². The van der Waals surface area contributed by atoms with Crippen molar-refractivity contribution in [2.45, 2.75) is 19.9 Å². The van der Waals surface area contributed by atoms with Gasteiger partial charge >= 0.3 is 0 Å². The van der Waals surface area contributed by atoms with E-state index in [1.54, 1.807) is 13.1 Å². The van der Waals surface area contributed by atoms with Crippen LogP contribution in [0.1, 0.15) is 24.5 Å². The molecule has 3 aromatic rings. The van der Waals surface area contributed by atoms with Crippen LogP contribution in [0.15, 0.2) is 42.6 Å².